The largest absolute Gasteiger partial charge is 0.391 e. The summed E-state index contributed by atoms with van der Waals surface area (Å²) in [6.07, 6.45) is 5.47. The topological polar surface area (TPSA) is 75.3 Å². The van der Waals surface area contributed by atoms with Crippen molar-refractivity contribution in [1.29, 1.82) is 0 Å². The lowest BCUT2D eigenvalue weighted by molar-refractivity contribution is -0.126. The number of hydrogen-bond acceptors (Lipinski definition) is 3. The van der Waals surface area contributed by atoms with E-state index in [0.717, 1.165) is 32.1 Å². The number of aliphatic hydroxyl groups is 1. The van der Waals surface area contributed by atoms with E-state index in [1.807, 2.05) is 0 Å². The Hall–Kier alpha value is -0.610. The van der Waals surface area contributed by atoms with Gasteiger partial charge in [0.2, 0.25) is 5.91 Å². The molecule has 3 atom stereocenters. The molecule has 0 radical (unpaired) electrons. The van der Waals surface area contributed by atoms with Crippen molar-refractivity contribution in [3.05, 3.63) is 0 Å². The minimum atomic E-state index is -0.448. The Morgan fingerprint density at radius 2 is 2.00 bits per heavy atom. The van der Waals surface area contributed by atoms with Crippen LogP contribution in [0.1, 0.15) is 52.4 Å². The molecule has 0 spiro atoms. The molecule has 1 amide bonds. The third-order valence-electron chi connectivity index (χ3n) is 3.66. The molecule has 0 heterocycles. The Bertz CT molecular complexity index is 256. The molecular weight excluding hydrogens is 228 g/mol. The third kappa shape index (κ3) is 5.36. The van der Waals surface area contributed by atoms with Crippen molar-refractivity contribution in [3.8, 4) is 0 Å². The summed E-state index contributed by atoms with van der Waals surface area (Å²) in [7, 11) is 0. The molecule has 0 aliphatic heterocycles. The van der Waals surface area contributed by atoms with Gasteiger partial charge < -0.3 is 16.2 Å². The van der Waals surface area contributed by atoms with Crippen molar-refractivity contribution >= 4 is 5.91 Å². The van der Waals surface area contributed by atoms with E-state index >= 15 is 0 Å². The number of nitrogens with two attached hydrogens (primary N) is 1. The number of aliphatic hydroxyl groups excluding tert-OH is 1. The van der Waals surface area contributed by atoms with Crippen LogP contribution in [0.15, 0.2) is 0 Å². The van der Waals surface area contributed by atoms with Gasteiger partial charge in [0.25, 0.3) is 0 Å². The first-order chi connectivity index (χ1) is 8.50. The summed E-state index contributed by atoms with van der Waals surface area (Å²) >= 11 is 0. The van der Waals surface area contributed by atoms with Crippen molar-refractivity contribution < 1.29 is 9.90 Å². The molecule has 0 aromatic rings. The Balaban J connectivity index is 2.34. The Kier molecular flexibility index (Phi) is 6.65. The summed E-state index contributed by atoms with van der Waals surface area (Å²) < 4.78 is 0. The molecule has 1 rings (SSSR count). The average Bonchev–Trinajstić information content (AvgIpc) is 2.50. The monoisotopic (exact) mass is 256 g/mol. The molecule has 0 bridgehead atoms. The third-order valence-corrected chi connectivity index (χ3v) is 3.66. The van der Waals surface area contributed by atoms with Gasteiger partial charge in [-0.05, 0) is 25.2 Å². The molecule has 0 aromatic carbocycles. The quantitative estimate of drug-likeness (QED) is 0.651. The first-order valence-electron chi connectivity index (χ1n) is 7.22. The highest BCUT2D eigenvalue weighted by atomic mass is 16.3. The molecule has 4 nitrogen and oxygen atoms in total. The van der Waals surface area contributed by atoms with Gasteiger partial charge in [-0.1, -0.05) is 33.1 Å². The fourth-order valence-corrected chi connectivity index (χ4v) is 2.64. The van der Waals surface area contributed by atoms with Gasteiger partial charge in [0, 0.05) is 12.6 Å². The molecular formula is C14H28N2O2. The van der Waals surface area contributed by atoms with Gasteiger partial charge in [0.1, 0.15) is 0 Å². The number of carbonyl (C=O) groups excluding carboxylic acids is 1. The van der Waals surface area contributed by atoms with E-state index in [4.69, 9.17) is 5.73 Å². The number of hydrogen-bond donors (Lipinski definition) is 3. The number of nitrogens with one attached hydrogen (secondary N) is 1. The van der Waals surface area contributed by atoms with Crippen molar-refractivity contribution in [3.63, 3.8) is 0 Å². The SMILES string of the molecule is CC(C)CC(O)CNC(=O)C1CCCCCC1N. The molecule has 106 valence electrons. The van der Waals surface area contributed by atoms with Crippen LogP contribution >= 0.6 is 0 Å². The second-order valence-electron chi connectivity index (χ2n) is 5.94. The molecule has 3 unspecified atom stereocenters. The highest BCUT2D eigenvalue weighted by Gasteiger charge is 2.27. The summed E-state index contributed by atoms with van der Waals surface area (Å²) in [6, 6.07) is -0.0188. The fraction of sp³-hybridized carbons (Fsp3) is 0.929. The lowest BCUT2D eigenvalue weighted by Gasteiger charge is -2.22. The van der Waals surface area contributed by atoms with Gasteiger partial charge in [-0.15, -0.1) is 0 Å². The van der Waals surface area contributed by atoms with Gasteiger partial charge >= 0.3 is 0 Å². The van der Waals surface area contributed by atoms with Crippen LogP contribution in [0.25, 0.3) is 0 Å². The molecule has 4 N–H and O–H groups in total. The Labute approximate surface area is 110 Å². The highest BCUT2D eigenvalue weighted by Crippen LogP contribution is 2.22. The first-order valence-corrected chi connectivity index (χ1v) is 7.22. The van der Waals surface area contributed by atoms with Crippen LogP contribution in [0, 0.1) is 11.8 Å². The Morgan fingerprint density at radius 3 is 2.67 bits per heavy atom. The van der Waals surface area contributed by atoms with E-state index in [1.165, 1.54) is 6.42 Å². The van der Waals surface area contributed by atoms with Crippen LogP contribution in [-0.2, 0) is 4.79 Å². The molecule has 1 fully saturated rings. The fourth-order valence-electron chi connectivity index (χ4n) is 2.64. The predicted octanol–water partition coefficient (Wildman–Crippen LogP) is 1.42. The van der Waals surface area contributed by atoms with Crippen molar-refractivity contribution in [2.45, 2.75) is 64.5 Å². The van der Waals surface area contributed by atoms with Crippen molar-refractivity contribution in [2.24, 2.45) is 17.6 Å². The zero-order valence-corrected chi connectivity index (χ0v) is 11.7. The highest BCUT2D eigenvalue weighted by molar-refractivity contribution is 5.79. The lowest BCUT2D eigenvalue weighted by Crippen LogP contribution is -2.43. The Morgan fingerprint density at radius 1 is 1.33 bits per heavy atom. The zero-order chi connectivity index (χ0) is 13.5. The van der Waals surface area contributed by atoms with Crippen LogP contribution in [0.5, 0.6) is 0 Å². The van der Waals surface area contributed by atoms with Gasteiger partial charge in [0.05, 0.1) is 12.0 Å². The second-order valence-corrected chi connectivity index (χ2v) is 5.94. The van der Waals surface area contributed by atoms with Crippen LogP contribution in [0.2, 0.25) is 0 Å². The van der Waals surface area contributed by atoms with Crippen LogP contribution in [0.4, 0.5) is 0 Å². The summed E-state index contributed by atoms with van der Waals surface area (Å²) in [5.74, 6) is 0.392. The number of amides is 1. The maximum absolute atomic E-state index is 12.0. The van der Waals surface area contributed by atoms with Crippen LogP contribution < -0.4 is 11.1 Å². The van der Waals surface area contributed by atoms with Crippen molar-refractivity contribution in [2.75, 3.05) is 6.54 Å². The van der Waals surface area contributed by atoms with E-state index in [-0.39, 0.29) is 17.9 Å². The summed E-state index contributed by atoms with van der Waals surface area (Å²) in [5.41, 5.74) is 6.04. The first kappa shape index (κ1) is 15.4. The van der Waals surface area contributed by atoms with E-state index in [9.17, 15) is 9.90 Å². The van der Waals surface area contributed by atoms with Crippen LogP contribution in [-0.4, -0.2) is 29.7 Å². The molecule has 1 aliphatic rings. The molecule has 4 heteroatoms. The van der Waals surface area contributed by atoms with Crippen molar-refractivity contribution in [1.82, 2.24) is 5.32 Å². The van der Waals surface area contributed by atoms with E-state index < -0.39 is 6.10 Å². The molecule has 18 heavy (non-hydrogen) atoms. The molecule has 1 saturated carbocycles. The van der Waals surface area contributed by atoms with Gasteiger partial charge in [-0.3, -0.25) is 4.79 Å². The lowest BCUT2D eigenvalue weighted by atomic mass is 9.94. The predicted molar refractivity (Wildman–Crippen MR) is 73.0 cm³/mol. The second kappa shape index (κ2) is 7.74. The summed E-state index contributed by atoms with van der Waals surface area (Å²) in [6.45, 7) is 4.47. The number of rotatable bonds is 5. The standard InChI is InChI=1S/C14H28N2O2/c1-10(2)8-11(17)9-16-14(18)12-6-4-3-5-7-13(12)15/h10-13,17H,3-9,15H2,1-2H3,(H,16,18). The number of carbonyl (C=O) groups is 1. The van der Waals surface area contributed by atoms with E-state index in [2.05, 4.69) is 19.2 Å². The van der Waals surface area contributed by atoms with Gasteiger partial charge in [0.15, 0.2) is 0 Å². The molecule has 0 saturated heterocycles. The van der Waals surface area contributed by atoms with E-state index in [1.54, 1.807) is 0 Å². The van der Waals surface area contributed by atoms with Gasteiger partial charge in [-0.25, -0.2) is 0 Å². The molecule has 1 aliphatic carbocycles. The molecule has 0 aromatic heterocycles. The van der Waals surface area contributed by atoms with E-state index in [0.29, 0.717) is 12.5 Å². The normalized spacial score (nSPS) is 26.7. The van der Waals surface area contributed by atoms with Gasteiger partial charge in [-0.2, -0.15) is 0 Å². The maximum Gasteiger partial charge on any atom is 0.224 e. The summed E-state index contributed by atoms with van der Waals surface area (Å²) in [5, 5.41) is 12.6. The zero-order valence-electron chi connectivity index (χ0n) is 11.7. The smallest absolute Gasteiger partial charge is 0.224 e. The maximum atomic E-state index is 12.0. The summed E-state index contributed by atoms with van der Waals surface area (Å²) in [4.78, 5) is 12.0. The van der Waals surface area contributed by atoms with Crippen LogP contribution in [0.3, 0.4) is 0 Å². The minimum Gasteiger partial charge on any atom is -0.391 e. The average molecular weight is 256 g/mol. The minimum absolute atomic E-state index is 0.0188.